The number of imidazole rings is 2. The smallest absolute Gasteiger partial charge is 0.341 e. The molecule has 6 N–H and O–H groups in total. The van der Waals surface area contributed by atoms with E-state index in [1.165, 1.54) is 66.1 Å². The van der Waals surface area contributed by atoms with Crippen LogP contribution in [0.2, 0.25) is 0 Å². The number of ketones is 1. The molecule has 0 fully saturated rings. The fourth-order valence-electron chi connectivity index (χ4n) is 16.9. The molecule has 0 unspecified atom stereocenters. The lowest BCUT2D eigenvalue weighted by molar-refractivity contribution is -0.140. The van der Waals surface area contributed by atoms with Gasteiger partial charge in [0.25, 0.3) is 12.0 Å². The number of rotatable bonds is 30. The summed E-state index contributed by atoms with van der Waals surface area (Å²) in [7, 11) is 3.12. The van der Waals surface area contributed by atoms with Crippen LogP contribution in [0.3, 0.4) is 0 Å². The van der Waals surface area contributed by atoms with Crippen molar-refractivity contribution in [3.63, 3.8) is 0 Å². The van der Waals surface area contributed by atoms with E-state index in [0.717, 1.165) is 121 Å². The van der Waals surface area contributed by atoms with E-state index < -0.39 is 37.3 Å². The van der Waals surface area contributed by atoms with Gasteiger partial charge in [0.2, 0.25) is 0 Å². The highest BCUT2D eigenvalue weighted by Crippen LogP contribution is 2.48. The zero-order valence-corrected chi connectivity index (χ0v) is 70.7. The van der Waals surface area contributed by atoms with Gasteiger partial charge in [-0.25, -0.2) is 14.4 Å². The number of aryl methyl sites for hydroxylation is 5. The molecule has 0 saturated carbocycles. The van der Waals surface area contributed by atoms with Gasteiger partial charge in [-0.2, -0.15) is 9.97 Å². The molecule has 22 nitrogen and oxygen atoms in total. The van der Waals surface area contributed by atoms with Gasteiger partial charge in [-0.05, 0) is 138 Å². The van der Waals surface area contributed by atoms with Gasteiger partial charge >= 0.3 is 17.9 Å². The van der Waals surface area contributed by atoms with Crippen LogP contribution in [0, 0.1) is 0 Å². The van der Waals surface area contributed by atoms with Crippen LogP contribution < -0.4 is 28.4 Å². The van der Waals surface area contributed by atoms with E-state index in [1.807, 2.05) is 167 Å². The number of H-pyrrole nitrogens is 3. The molecule has 7 aromatic heterocycles. The maximum absolute atomic E-state index is 11.7. The Morgan fingerprint density at radius 2 is 0.696 bits per heavy atom. The molecule has 0 amide bonds. The number of carboxylic acids is 3. The zero-order chi connectivity index (χ0) is 87.2. The Kier molecular flexibility index (Phi) is 26.3. The molecule has 125 heavy (non-hydrogen) atoms. The van der Waals surface area contributed by atoms with E-state index in [0.29, 0.717) is 41.3 Å². The van der Waals surface area contributed by atoms with Gasteiger partial charge in [0, 0.05) is 108 Å². The summed E-state index contributed by atoms with van der Waals surface area (Å²) in [5.41, 5.74) is 23.7. The summed E-state index contributed by atoms with van der Waals surface area (Å²) in [6.45, 7) is 11.1. The Labute approximate surface area is 721 Å². The number of ether oxygens (including phenoxy) is 6. The molecule has 7 heterocycles. The van der Waals surface area contributed by atoms with Gasteiger partial charge < -0.3 is 67.5 Å². The van der Waals surface area contributed by atoms with Gasteiger partial charge in [0.1, 0.15) is 46.9 Å². The molecular weight excluding hydrogens is 1580 g/mol. The first-order valence-electron chi connectivity index (χ1n) is 41.8. The van der Waals surface area contributed by atoms with Crippen LogP contribution in [0.4, 0.5) is 0 Å². The van der Waals surface area contributed by atoms with Crippen LogP contribution in [-0.2, 0) is 57.7 Å². The highest BCUT2D eigenvalue weighted by atomic mass is 16.5. The number of hydrogen-bond acceptors (Lipinski definition) is 14. The van der Waals surface area contributed by atoms with E-state index >= 15 is 0 Å². The number of hydrogen-bond donors (Lipinski definition) is 6. The van der Waals surface area contributed by atoms with E-state index in [9.17, 15) is 29.4 Å². The molecule has 22 heteroatoms. The third kappa shape index (κ3) is 17.9. The number of fused-ring (bicyclic) bond motifs is 7. The number of furan rings is 2. The lowest BCUT2D eigenvalue weighted by Gasteiger charge is -2.26. The van der Waals surface area contributed by atoms with Crippen molar-refractivity contribution >= 4 is 100 Å². The van der Waals surface area contributed by atoms with Crippen molar-refractivity contribution in [1.29, 1.82) is 0 Å². The molecule has 0 aliphatic heterocycles. The van der Waals surface area contributed by atoms with Crippen molar-refractivity contribution in [3.05, 3.63) is 346 Å². The van der Waals surface area contributed by atoms with Crippen LogP contribution in [0.1, 0.15) is 137 Å². The largest absolute Gasteiger partial charge is 0.486 e. The summed E-state index contributed by atoms with van der Waals surface area (Å²) < 4.78 is 50.3. The van der Waals surface area contributed by atoms with Crippen LogP contribution in [-0.4, -0.2) is 114 Å². The second kappa shape index (κ2) is 38.8. The van der Waals surface area contributed by atoms with Gasteiger partial charge in [-0.1, -0.05) is 223 Å². The molecule has 634 valence electrons. The van der Waals surface area contributed by atoms with E-state index in [4.69, 9.17) is 42.4 Å². The molecule has 18 rings (SSSR count). The van der Waals surface area contributed by atoms with Crippen molar-refractivity contribution < 1.29 is 71.8 Å². The predicted molar refractivity (Wildman–Crippen MR) is 486 cm³/mol. The summed E-state index contributed by atoms with van der Waals surface area (Å²) in [5, 5.41) is 32.9. The minimum atomic E-state index is -1.07. The van der Waals surface area contributed by atoms with Crippen molar-refractivity contribution in [3.8, 4) is 35.0 Å². The van der Waals surface area contributed by atoms with Crippen LogP contribution >= 0.6 is 0 Å². The summed E-state index contributed by atoms with van der Waals surface area (Å²) >= 11 is 0. The Hall–Kier alpha value is -15.1. The van der Waals surface area contributed by atoms with E-state index in [1.54, 1.807) is 33.3 Å². The lowest BCUT2D eigenvalue weighted by Crippen LogP contribution is -2.22. The summed E-state index contributed by atoms with van der Waals surface area (Å²) in [5.74, 6) is -1.09. The van der Waals surface area contributed by atoms with Crippen molar-refractivity contribution in [2.45, 2.75) is 98.1 Å². The molecule has 11 aromatic carbocycles. The first-order valence-corrected chi connectivity index (χ1v) is 41.8. The molecule has 0 aliphatic carbocycles. The zero-order valence-electron chi connectivity index (χ0n) is 70.7. The molecule has 0 spiro atoms. The van der Waals surface area contributed by atoms with Crippen molar-refractivity contribution in [2.24, 2.45) is 0 Å². The molecule has 0 bridgehead atoms. The normalized spacial score (nSPS) is 11.3. The maximum atomic E-state index is 11.7. The van der Waals surface area contributed by atoms with E-state index in [2.05, 4.69) is 157 Å². The second-order valence-electron chi connectivity index (χ2n) is 30.1. The van der Waals surface area contributed by atoms with Gasteiger partial charge in [-0.3, -0.25) is 13.9 Å². The minimum absolute atomic E-state index is 0.00529. The Bertz CT molecular complexity index is 6420. The van der Waals surface area contributed by atoms with Gasteiger partial charge in [0.05, 0.1) is 48.8 Å². The topological polar surface area (TPSA) is 294 Å². The SMILES string of the molecule is CCc1cccc2c(C(c3ccccc3OCC(=O)O)c3coc4c(CC)cccc34)coc12.CCc1cccc2c(C(c3ccccc3OCC(C)=O)c3c[nH]c4c(CC)cccc34)c[nH]c12.CCc1cccc2c(Cc3ccccc3OCC(=O)O)c[nH]c12.COc1nc2ccccc2n1C(c1ccccc1OCC(=O)O)n1c(OC)nc2ccccc21. The average molecular weight is 1670 g/mol. The molecule has 0 aliphatic rings. The predicted octanol–water partition coefficient (Wildman–Crippen LogP) is 21.6. The number of aromatic amines is 3. The monoisotopic (exact) mass is 1670 g/mol. The fourth-order valence-corrected chi connectivity index (χ4v) is 16.9. The van der Waals surface area contributed by atoms with Gasteiger partial charge in [0.15, 0.2) is 25.6 Å². The first-order chi connectivity index (χ1) is 61.0. The number of carboxylic acid groups (broad SMARTS) is 3. The Balaban J connectivity index is 0.000000130. The summed E-state index contributed by atoms with van der Waals surface area (Å²) in [6, 6.07) is 78.4. The van der Waals surface area contributed by atoms with Crippen molar-refractivity contribution in [2.75, 3.05) is 40.6 Å². The first kappa shape index (κ1) is 84.9. The fraction of sp³-hybridized carbons (Fsp3) is 0.204. The number of carbonyl (C=O) groups is 4. The highest BCUT2D eigenvalue weighted by molar-refractivity contribution is 5.94. The highest BCUT2D eigenvalue weighted by Gasteiger charge is 2.33. The molecular formula is C103H97N7O15. The third-order valence-electron chi connectivity index (χ3n) is 22.6. The molecule has 0 saturated heterocycles. The molecule has 0 radical (unpaired) electrons. The number of benzene rings is 11. The molecule has 18 aromatic rings. The van der Waals surface area contributed by atoms with Crippen molar-refractivity contribution in [1.82, 2.24) is 34.1 Å². The number of para-hydroxylation sites is 13. The Morgan fingerprint density at radius 1 is 0.352 bits per heavy atom. The number of aromatic nitrogens is 7. The summed E-state index contributed by atoms with van der Waals surface area (Å²) in [4.78, 5) is 64.7. The Morgan fingerprint density at radius 3 is 1.14 bits per heavy atom. The number of Topliss-reactive ketones (excluding diaryl/α,β-unsaturated/α-hetero) is 1. The van der Waals surface area contributed by atoms with Crippen LogP contribution in [0.5, 0.6) is 35.0 Å². The number of nitrogens with zero attached hydrogens (tertiary/aromatic N) is 4. The quantitative estimate of drug-likeness (QED) is 0.0244. The number of methoxy groups -OCH3 is 2. The average Bonchev–Trinajstić information content (AvgIpc) is 1.66. The van der Waals surface area contributed by atoms with Crippen LogP contribution in [0.25, 0.3) is 76.7 Å². The standard InChI is InChI=1S/C30H30N2O2.C29H26O5.C25H22N4O5.C19H19NO3/c1-4-20-10-8-13-22-25(16-31-29(20)22)28(24-12-6-7-15-27(24)34-18-19(3)33)26-17-32-30-21(5-2)11-9-14-23(26)30;1-3-18-9-7-12-20-23(15-33-28(18)20)27(22-11-5-6-14-25(22)32-17-26(30)31)24-16-34-29-19(4-2)10-8-13-21(24)29;1-32-24-26-17-10-4-6-12-19(17)28(24)23(16-9-3-8-14-21(16)34-15-22(30)31)29-20-13-7-5-11-18(20)27-25(29)33-2;1-2-13-7-5-8-16-15(11-20-19(13)16)10-14-6-3-4-9-17(14)23-12-18(21)22/h6-17,28,31-32H,4-5,18H2,1-3H3;5-16,27H,3-4,17H2,1-2H3,(H,30,31);3-14,23H,15H2,1-2H3,(H,30,31);3-9,11,20H,2,10,12H2,1H3,(H,21,22). The number of carbonyl (C=O) groups excluding carboxylic acids is 1. The number of nitrogens with one attached hydrogen (secondary N) is 3. The third-order valence-corrected chi connectivity index (χ3v) is 22.6. The minimum Gasteiger partial charge on any atom is -0.486 e. The lowest BCUT2D eigenvalue weighted by atomic mass is 9.83. The summed E-state index contributed by atoms with van der Waals surface area (Å²) in [6.07, 6.45) is 14.6. The second-order valence-corrected chi connectivity index (χ2v) is 30.1. The van der Waals surface area contributed by atoms with Gasteiger partial charge in [-0.15, -0.1) is 0 Å². The number of aliphatic carboxylic acids is 3. The molecule has 0 atom stereocenters. The van der Waals surface area contributed by atoms with Crippen LogP contribution in [0.15, 0.2) is 277 Å². The van der Waals surface area contributed by atoms with E-state index in [-0.39, 0.29) is 30.8 Å². The maximum Gasteiger partial charge on any atom is 0.341 e.